The number of rotatable bonds is 4. The van der Waals surface area contributed by atoms with Gasteiger partial charge in [-0.25, -0.2) is 0 Å². The summed E-state index contributed by atoms with van der Waals surface area (Å²) in [7, 11) is 0. The predicted molar refractivity (Wildman–Crippen MR) is 50.0 cm³/mol. The zero-order valence-corrected chi connectivity index (χ0v) is 10.7. The number of allylic oxidation sites excluding steroid dienone is 1. The third kappa shape index (κ3) is 2.98. The second-order valence-electron chi connectivity index (χ2n) is 2.67. The van der Waals surface area contributed by atoms with Crippen molar-refractivity contribution in [3.05, 3.63) is 48.6 Å². The molecule has 12 heavy (non-hydrogen) atoms. The Labute approximate surface area is 88.4 Å². The molecule has 1 aromatic rings. The van der Waals surface area contributed by atoms with Gasteiger partial charge in [-0.1, -0.05) is 0 Å². The summed E-state index contributed by atoms with van der Waals surface area (Å²) in [5.41, 5.74) is 1.41. The molecular weight excluding hydrogens is 311 g/mol. The van der Waals surface area contributed by atoms with E-state index >= 15 is 0 Å². The van der Waals surface area contributed by atoms with Crippen molar-refractivity contribution in [2.24, 2.45) is 0 Å². The standard InChI is InChI=1S/C11H12.Hf/c1-2-3-5-8-11-9-6-4-7-10-11;/h2,4,6-7,9-10H,1,3,5H2;/q;+2. The molecule has 1 heteroatoms. The Kier molecular flexibility index (Phi) is 4.37. The first-order valence-corrected chi connectivity index (χ1v) is 5.88. The fraction of sp³-hybridized carbons (Fsp3) is 0.182. The molecule has 0 saturated heterocycles. The normalized spacial score (nSPS) is 9.50. The van der Waals surface area contributed by atoms with Crippen LogP contribution in [0, 0.1) is 0 Å². The Balaban J connectivity index is 2.59. The van der Waals surface area contributed by atoms with E-state index in [1.54, 1.807) is 3.26 Å². The molecule has 0 nitrogen and oxygen atoms in total. The molecule has 0 atom stereocenters. The van der Waals surface area contributed by atoms with Gasteiger partial charge in [-0.15, -0.1) is 0 Å². The van der Waals surface area contributed by atoms with Crippen molar-refractivity contribution >= 4 is 3.26 Å². The molecule has 1 aromatic carbocycles. The monoisotopic (exact) mass is 324 g/mol. The van der Waals surface area contributed by atoms with Crippen LogP contribution in [0.1, 0.15) is 18.4 Å². The summed E-state index contributed by atoms with van der Waals surface area (Å²) >= 11 is 1.16. The van der Waals surface area contributed by atoms with Crippen LogP contribution >= 0.6 is 0 Å². The zero-order valence-electron chi connectivity index (χ0n) is 7.09. The molecule has 0 aliphatic rings. The van der Waals surface area contributed by atoms with Crippen molar-refractivity contribution in [2.75, 3.05) is 0 Å². The van der Waals surface area contributed by atoms with Gasteiger partial charge in [-0.2, -0.15) is 0 Å². The van der Waals surface area contributed by atoms with Gasteiger partial charge in [0.1, 0.15) is 0 Å². The first kappa shape index (κ1) is 9.79. The van der Waals surface area contributed by atoms with E-state index in [4.69, 9.17) is 0 Å². The van der Waals surface area contributed by atoms with Gasteiger partial charge in [0.25, 0.3) is 0 Å². The van der Waals surface area contributed by atoms with Gasteiger partial charge in [0.2, 0.25) is 0 Å². The van der Waals surface area contributed by atoms with E-state index in [-0.39, 0.29) is 0 Å². The molecule has 0 N–H and O–H groups in total. The Hall–Kier alpha value is -0.300. The van der Waals surface area contributed by atoms with Gasteiger partial charge < -0.3 is 0 Å². The van der Waals surface area contributed by atoms with Crippen molar-refractivity contribution in [1.29, 1.82) is 0 Å². The van der Waals surface area contributed by atoms with Crippen molar-refractivity contribution in [3.8, 4) is 0 Å². The van der Waals surface area contributed by atoms with Crippen LogP contribution < -0.4 is 0 Å². The van der Waals surface area contributed by atoms with Crippen LogP contribution in [0.25, 0.3) is 0 Å². The summed E-state index contributed by atoms with van der Waals surface area (Å²) in [6.07, 6.45) is 4.27. The molecule has 0 amide bonds. The van der Waals surface area contributed by atoms with Crippen LogP contribution in [0.5, 0.6) is 0 Å². The molecule has 1 rings (SSSR count). The SMILES string of the molecule is C=CCC[C](=[Hf+2])c1ccccc1. The average molecular weight is 323 g/mol. The maximum atomic E-state index is 3.73. The summed E-state index contributed by atoms with van der Waals surface area (Å²) in [6.45, 7) is 3.73. The van der Waals surface area contributed by atoms with E-state index in [1.165, 1.54) is 12.0 Å². The van der Waals surface area contributed by atoms with E-state index in [9.17, 15) is 0 Å². The molecule has 0 bridgehead atoms. The summed E-state index contributed by atoms with van der Waals surface area (Å²) in [5.74, 6) is 0. The first-order chi connectivity index (χ1) is 5.84. The van der Waals surface area contributed by atoms with Crippen LogP contribution in [0.2, 0.25) is 0 Å². The van der Waals surface area contributed by atoms with Gasteiger partial charge in [0, 0.05) is 0 Å². The van der Waals surface area contributed by atoms with Gasteiger partial charge >= 0.3 is 88.5 Å². The second-order valence-corrected chi connectivity index (χ2v) is 4.84. The number of hydrogen-bond donors (Lipinski definition) is 0. The minimum absolute atomic E-state index is 1.10. The molecule has 0 heterocycles. The predicted octanol–water partition coefficient (Wildman–Crippen LogP) is 2.72. The van der Waals surface area contributed by atoms with Crippen molar-refractivity contribution < 1.29 is 23.9 Å². The minimum atomic E-state index is 1.10. The van der Waals surface area contributed by atoms with Crippen LogP contribution in [0.4, 0.5) is 0 Å². The fourth-order valence-corrected chi connectivity index (χ4v) is 2.15. The molecular formula is C11H12Hf+2. The number of hydrogen-bond acceptors (Lipinski definition) is 0. The van der Waals surface area contributed by atoms with Crippen molar-refractivity contribution in [2.45, 2.75) is 12.8 Å². The van der Waals surface area contributed by atoms with E-state index in [1.807, 2.05) is 6.08 Å². The molecule has 0 saturated carbocycles. The van der Waals surface area contributed by atoms with Gasteiger partial charge in [0.05, 0.1) is 0 Å². The van der Waals surface area contributed by atoms with E-state index in [0.717, 1.165) is 30.3 Å². The quantitative estimate of drug-likeness (QED) is 0.591. The summed E-state index contributed by atoms with van der Waals surface area (Å²) in [4.78, 5) is 0. The zero-order chi connectivity index (χ0) is 8.81. The molecule has 0 spiro atoms. The van der Waals surface area contributed by atoms with Gasteiger partial charge in [0.15, 0.2) is 0 Å². The Morgan fingerprint density at radius 3 is 2.58 bits per heavy atom. The van der Waals surface area contributed by atoms with Crippen LogP contribution in [-0.2, 0) is 23.9 Å². The molecule has 58 valence electrons. The maximum absolute atomic E-state index is 3.73. The Morgan fingerprint density at radius 2 is 2.00 bits per heavy atom. The molecule has 0 radical (unpaired) electrons. The average Bonchev–Trinajstić information content (AvgIpc) is 2.15. The molecule has 0 aliphatic carbocycles. The Morgan fingerprint density at radius 1 is 1.33 bits per heavy atom. The summed E-state index contributed by atoms with van der Waals surface area (Å²) < 4.78 is 1.58. The third-order valence-corrected chi connectivity index (χ3v) is 3.66. The number of benzene rings is 1. The molecule has 0 fully saturated rings. The van der Waals surface area contributed by atoms with E-state index < -0.39 is 0 Å². The van der Waals surface area contributed by atoms with Gasteiger partial charge in [-0.05, 0) is 0 Å². The molecule has 0 aromatic heterocycles. The van der Waals surface area contributed by atoms with Crippen molar-refractivity contribution in [3.63, 3.8) is 0 Å². The van der Waals surface area contributed by atoms with Crippen LogP contribution in [-0.4, -0.2) is 3.26 Å². The van der Waals surface area contributed by atoms with Crippen LogP contribution in [0.15, 0.2) is 43.0 Å². The first-order valence-electron chi connectivity index (χ1n) is 4.08. The molecule has 0 aliphatic heterocycles. The Bertz CT molecular complexity index is 262. The van der Waals surface area contributed by atoms with Gasteiger partial charge in [-0.3, -0.25) is 0 Å². The summed E-state index contributed by atoms with van der Waals surface area (Å²) in [5, 5.41) is 0. The third-order valence-electron chi connectivity index (χ3n) is 1.72. The van der Waals surface area contributed by atoms with Crippen LogP contribution in [0.3, 0.4) is 0 Å². The summed E-state index contributed by atoms with van der Waals surface area (Å²) in [6, 6.07) is 10.6. The van der Waals surface area contributed by atoms with E-state index in [0.29, 0.717) is 0 Å². The second kappa shape index (κ2) is 5.36. The van der Waals surface area contributed by atoms with E-state index in [2.05, 4.69) is 36.9 Å². The topological polar surface area (TPSA) is 0 Å². The fourth-order valence-electron chi connectivity index (χ4n) is 1.03. The van der Waals surface area contributed by atoms with Crippen molar-refractivity contribution in [1.82, 2.24) is 0 Å². The molecule has 0 unspecified atom stereocenters.